The number of halogens is 3. The zero-order valence-corrected chi connectivity index (χ0v) is 8.97. The highest BCUT2D eigenvalue weighted by Crippen LogP contribution is 2.19. The van der Waals surface area contributed by atoms with Crippen LogP contribution in [0.1, 0.15) is 26.2 Å². The van der Waals surface area contributed by atoms with Gasteiger partial charge in [-0.1, -0.05) is 13.3 Å². The molecule has 0 aromatic carbocycles. The zero-order valence-electron chi connectivity index (χ0n) is 8.97. The van der Waals surface area contributed by atoms with E-state index in [0.717, 1.165) is 11.3 Å². The van der Waals surface area contributed by atoms with Crippen molar-refractivity contribution in [2.24, 2.45) is 5.73 Å². The lowest BCUT2D eigenvalue weighted by atomic mass is 10.1. The minimum atomic E-state index is -4.23. The quantitative estimate of drug-likeness (QED) is 0.772. The van der Waals surface area contributed by atoms with Gasteiger partial charge in [0, 0.05) is 13.6 Å². The van der Waals surface area contributed by atoms with Crippen molar-refractivity contribution in [3.05, 3.63) is 0 Å². The Labute approximate surface area is 87.4 Å². The second-order valence-corrected chi connectivity index (χ2v) is 3.52. The number of nitrogens with two attached hydrogens (primary N) is 1. The van der Waals surface area contributed by atoms with E-state index in [-0.39, 0.29) is 6.54 Å². The van der Waals surface area contributed by atoms with Crippen molar-refractivity contribution < 1.29 is 18.0 Å². The second-order valence-electron chi connectivity index (χ2n) is 3.52. The number of hydrogen-bond acceptors (Lipinski definition) is 2. The van der Waals surface area contributed by atoms with Crippen LogP contribution in [0.4, 0.5) is 13.2 Å². The third-order valence-corrected chi connectivity index (χ3v) is 2.02. The summed E-state index contributed by atoms with van der Waals surface area (Å²) in [6, 6.07) is -0.687. The van der Waals surface area contributed by atoms with Crippen molar-refractivity contribution in [1.82, 2.24) is 4.90 Å². The number of alkyl halides is 3. The summed E-state index contributed by atoms with van der Waals surface area (Å²) in [5.41, 5.74) is 5.50. The SMILES string of the molecule is CCC[C@H](N)C(=O)N(C)CCC(F)(F)F. The molecule has 90 valence electrons. The Hall–Kier alpha value is -0.780. The van der Waals surface area contributed by atoms with Crippen LogP contribution in [0.5, 0.6) is 0 Å². The molecule has 0 spiro atoms. The molecule has 0 aliphatic carbocycles. The van der Waals surface area contributed by atoms with Gasteiger partial charge in [0.15, 0.2) is 0 Å². The molecule has 6 heteroatoms. The molecular weight excluding hydrogens is 209 g/mol. The Balaban J connectivity index is 3.99. The van der Waals surface area contributed by atoms with Crippen LogP contribution in [0.2, 0.25) is 0 Å². The van der Waals surface area contributed by atoms with E-state index in [1.54, 1.807) is 0 Å². The van der Waals surface area contributed by atoms with Crippen LogP contribution in [0.15, 0.2) is 0 Å². The molecule has 0 aromatic rings. The molecule has 1 amide bonds. The van der Waals surface area contributed by atoms with Crippen molar-refractivity contribution in [1.29, 1.82) is 0 Å². The van der Waals surface area contributed by atoms with Gasteiger partial charge in [-0.2, -0.15) is 13.2 Å². The van der Waals surface area contributed by atoms with E-state index in [9.17, 15) is 18.0 Å². The van der Waals surface area contributed by atoms with E-state index in [1.165, 1.54) is 7.05 Å². The van der Waals surface area contributed by atoms with E-state index in [0.29, 0.717) is 6.42 Å². The van der Waals surface area contributed by atoms with Crippen LogP contribution in [-0.2, 0) is 4.79 Å². The van der Waals surface area contributed by atoms with Crippen LogP contribution in [-0.4, -0.2) is 36.6 Å². The molecule has 0 unspecified atom stereocenters. The summed E-state index contributed by atoms with van der Waals surface area (Å²) >= 11 is 0. The highest BCUT2D eigenvalue weighted by atomic mass is 19.4. The fourth-order valence-electron chi connectivity index (χ4n) is 1.12. The van der Waals surface area contributed by atoms with Crippen molar-refractivity contribution >= 4 is 5.91 Å². The fraction of sp³-hybridized carbons (Fsp3) is 0.889. The average molecular weight is 226 g/mol. The lowest BCUT2D eigenvalue weighted by Crippen LogP contribution is -2.42. The normalized spacial score (nSPS) is 13.7. The maximum Gasteiger partial charge on any atom is 0.390 e. The van der Waals surface area contributed by atoms with Crippen LogP contribution >= 0.6 is 0 Å². The molecule has 0 aromatic heterocycles. The van der Waals surface area contributed by atoms with Gasteiger partial charge in [0.1, 0.15) is 0 Å². The predicted octanol–water partition coefficient (Wildman–Crippen LogP) is 1.52. The number of carbonyl (C=O) groups is 1. The Bertz CT molecular complexity index is 206. The van der Waals surface area contributed by atoms with Gasteiger partial charge in [0.25, 0.3) is 0 Å². The van der Waals surface area contributed by atoms with Gasteiger partial charge in [-0.05, 0) is 6.42 Å². The van der Waals surface area contributed by atoms with Crippen LogP contribution in [0.3, 0.4) is 0 Å². The van der Waals surface area contributed by atoms with Crippen molar-refractivity contribution in [2.45, 2.75) is 38.4 Å². The molecular formula is C9H17F3N2O. The summed E-state index contributed by atoms with van der Waals surface area (Å²) in [4.78, 5) is 12.4. The lowest BCUT2D eigenvalue weighted by Gasteiger charge is -2.21. The molecule has 0 bridgehead atoms. The van der Waals surface area contributed by atoms with Crippen molar-refractivity contribution in [3.8, 4) is 0 Å². The fourth-order valence-corrected chi connectivity index (χ4v) is 1.12. The van der Waals surface area contributed by atoms with Gasteiger partial charge >= 0.3 is 6.18 Å². The molecule has 2 N–H and O–H groups in total. The molecule has 15 heavy (non-hydrogen) atoms. The van der Waals surface area contributed by atoms with E-state index in [2.05, 4.69) is 0 Å². The number of hydrogen-bond donors (Lipinski definition) is 1. The topological polar surface area (TPSA) is 46.3 Å². The maximum absolute atomic E-state index is 11.9. The summed E-state index contributed by atoms with van der Waals surface area (Å²) < 4.78 is 35.6. The minimum absolute atomic E-state index is 0.334. The summed E-state index contributed by atoms with van der Waals surface area (Å²) in [5.74, 6) is -0.430. The first kappa shape index (κ1) is 14.2. The largest absolute Gasteiger partial charge is 0.390 e. The number of carbonyl (C=O) groups excluding carboxylic acids is 1. The summed E-state index contributed by atoms with van der Waals surface area (Å²) in [7, 11) is 1.34. The number of rotatable bonds is 5. The highest BCUT2D eigenvalue weighted by Gasteiger charge is 2.28. The van der Waals surface area contributed by atoms with Crippen LogP contribution < -0.4 is 5.73 Å². The lowest BCUT2D eigenvalue weighted by molar-refractivity contribution is -0.144. The minimum Gasteiger partial charge on any atom is -0.344 e. The molecule has 0 fully saturated rings. The summed E-state index contributed by atoms with van der Waals surface area (Å²) in [6.07, 6.45) is -3.99. The maximum atomic E-state index is 11.9. The predicted molar refractivity (Wildman–Crippen MR) is 51.2 cm³/mol. The highest BCUT2D eigenvalue weighted by molar-refractivity contribution is 5.81. The van der Waals surface area contributed by atoms with Crippen LogP contribution in [0.25, 0.3) is 0 Å². The van der Waals surface area contributed by atoms with Gasteiger partial charge in [0.2, 0.25) is 5.91 Å². The number of likely N-dealkylation sites (N-methyl/N-ethyl adjacent to an activating group) is 1. The number of amides is 1. The Morgan fingerprint density at radius 2 is 2.00 bits per heavy atom. The van der Waals surface area contributed by atoms with Gasteiger partial charge in [0.05, 0.1) is 12.5 Å². The molecule has 1 atom stereocenters. The van der Waals surface area contributed by atoms with Gasteiger partial charge in [-0.25, -0.2) is 0 Å². The summed E-state index contributed by atoms with van der Waals surface area (Å²) in [5, 5.41) is 0. The molecule has 0 aliphatic rings. The first-order valence-electron chi connectivity index (χ1n) is 4.85. The van der Waals surface area contributed by atoms with Crippen molar-refractivity contribution in [2.75, 3.05) is 13.6 Å². The monoisotopic (exact) mass is 226 g/mol. The van der Waals surface area contributed by atoms with E-state index >= 15 is 0 Å². The average Bonchev–Trinajstić information content (AvgIpc) is 2.12. The van der Waals surface area contributed by atoms with Crippen molar-refractivity contribution in [3.63, 3.8) is 0 Å². The molecule has 0 saturated carbocycles. The van der Waals surface area contributed by atoms with E-state index in [1.807, 2.05) is 6.92 Å². The first-order valence-corrected chi connectivity index (χ1v) is 4.85. The summed E-state index contributed by atoms with van der Waals surface area (Å²) in [6.45, 7) is 1.53. The third kappa shape index (κ3) is 6.33. The Morgan fingerprint density at radius 3 is 2.40 bits per heavy atom. The first-order chi connectivity index (χ1) is 6.78. The molecule has 0 radical (unpaired) electrons. The smallest absolute Gasteiger partial charge is 0.344 e. The standard InChI is InChI=1S/C9H17F3N2O/c1-3-4-7(13)8(15)14(2)6-5-9(10,11)12/h7H,3-6,13H2,1-2H3/t7-/m0/s1. The molecule has 3 nitrogen and oxygen atoms in total. The molecule has 0 heterocycles. The van der Waals surface area contributed by atoms with E-state index < -0.39 is 24.5 Å². The Kier molecular flexibility index (Phi) is 5.64. The Morgan fingerprint density at radius 1 is 1.47 bits per heavy atom. The van der Waals surface area contributed by atoms with Gasteiger partial charge < -0.3 is 10.6 Å². The third-order valence-electron chi connectivity index (χ3n) is 2.02. The molecule has 0 rings (SSSR count). The number of nitrogens with zero attached hydrogens (tertiary/aromatic N) is 1. The zero-order chi connectivity index (χ0) is 12.1. The van der Waals surface area contributed by atoms with Crippen LogP contribution in [0, 0.1) is 0 Å². The van der Waals surface area contributed by atoms with Gasteiger partial charge in [-0.15, -0.1) is 0 Å². The molecule has 0 aliphatic heterocycles. The second kappa shape index (κ2) is 5.95. The molecule has 0 saturated heterocycles. The van der Waals surface area contributed by atoms with Gasteiger partial charge in [-0.3, -0.25) is 4.79 Å². The van der Waals surface area contributed by atoms with E-state index in [4.69, 9.17) is 5.73 Å².